The van der Waals surface area contributed by atoms with Gasteiger partial charge in [0.25, 0.3) is 11.8 Å². The first kappa shape index (κ1) is 19.7. The predicted molar refractivity (Wildman–Crippen MR) is 99.1 cm³/mol. The summed E-state index contributed by atoms with van der Waals surface area (Å²) in [7, 11) is 1.59. The van der Waals surface area contributed by atoms with Gasteiger partial charge in [-0.2, -0.15) is 0 Å². The highest BCUT2D eigenvalue weighted by molar-refractivity contribution is 9.10. The fourth-order valence-electron chi connectivity index (χ4n) is 1.89. The molecule has 0 bridgehead atoms. The van der Waals surface area contributed by atoms with Gasteiger partial charge in [0.05, 0.1) is 11.1 Å². The van der Waals surface area contributed by atoms with Gasteiger partial charge in [0.2, 0.25) is 0 Å². The minimum atomic E-state index is -0.471. The molecule has 8 heteroatoms. The second-order valence-corrected chi connectivity index (χ2v) is 5.94. The lowest BCUT2D eigenvalue weighted by atomic mass is 10.2. The maximum absolute atomic E-state index is 12.1. The zero-order valence-electron chi connectivity index (χ0n) is 14.2. The molecular formula is C18H19BrN2O5. The van der Waals surface area contributed by atoms with Gasteiger partial charge in [0.15, 0.2) is 6.61 Å². The number of para-hydroxylation sites is 1. The molecule has 2 aromatic rings. The maximum atomic E-state index is 12.1. The average molecular weight is 423 g/mol. The number of methoxy groups -OCH3 is 1. The number of hydrazine groups is 1. The van der Waals surface area contributed by atoms with Crippen molar-refractivity contribution in [3.63, 3.8) is 0 Å². The van der Waals surface area contributed by atoms with Crippen molar-refractivity contribution in [2.75, 3.05) is 26.9 Å². The van der Waals surface area contributed by atoms with E-state index in [1.807, 2.05) is 6.07 Å². The molecule has 0 aliphatic rings. The molecule has 7 nitrogen and oxygen atoms in total. The smallest absolute Gasteiger partial charge is 0.276 e. The molecular weight excluding hydrogens is 404 g/mol. The Hall–Kier alpha value is -2.58. The Labute approximate surface area is 159 Å². The number of ether oxygens (including phenoxy) is 3. The molecule has 2 amide bonds. The summed E-state index contributed by atoms with van der Waals surface area (Å²) in [6.07, 6.45) is 0. The van der Waals surface area contributed by atoms with Crippen LogP contribution in [0.5, 0.6) is 11.5 Å². The van der Waals surface area contributed by atoms with Crippen molar-refractivity contribution >= 4 is 27.7 Å². The summed E-state index contributed by atoms with van der Waals surface area (Å²) < 4.78 is 16.3. The largest absolute Gasteiger partial charge is 0.490 e. The molecule has 2 N–H and O–H groups in total. The van der Waals surface area contributed by atoms with Crippen LogP contribution < -0.4 is 20.3 Å². The molecule has 0 saturated heterocycles. The van der Waals surface area contributed by atoms with Crippen LogP contribution in [0.1, 0.15) is 10.4 Å². The quantitative estimate of drug-likeness (QED) is 0.503. The molecule has 0 saturated carbocycles. The molecule has 0 unspecified atom stereocenters. The molecule has 26 heavy (non-hydrogen) atoms. The molecule has 0 aromatic heterocycles. The molecule has 0 atom stereocenters. The van der Waals surface area contributed by atoms with Crippen molar-refractivity contribution in [2.45, 2.75) is 0 Å². The highest BCUT2D eigenvalue weighted by Crippen LogP contribution is 2.25. The van der Waals surface area contributed by atoms with E-state index in [-0.39, 0.29) is 6.61 Å². The van der Waals surface area contributed by atoms with E-state index in [0.717, 1.165) is 0 Å². The molecule has 0 fully saturated rings. The van der Waals surface area contributed by atoms with Gasteiger partial charge in [0, 0.05) is 12.7 Å². The van der Waals surface area contributed by atoms with Crippen LogP contribution in [0.2, 0.25) is 0 Å². The van der Waals surface area contributed by atoms with E-state index < -0.39 is 11.8 Å². The van der Waals surface area contributed by atoms with Crippen LogP contribution >= 0.6 is 15.9 Å². The van der Waals surface area contributed by atoms with E-state index in [9.17, 15) is 9.59 Å². The van der Waals surface area contributed by atoms with E-state index in [2.05, 4.69) is 26.8 Å². The monoisotopic (exact) mass is 422 g/mol. The summed E-state index contributed by atoms with van der Waals surface area (Å²) in [5, 5.41) is 0. The van der Waals surface area contributed by atoms with Gasteiger partial charge >= 0.3 is 0 Å². The van der Waals surface area contributed by atoms with E-state index >= 15 is 0 Å². The van der Waals surface area contributed by atoms with Crippen LogP contribution in [0.3, 0.4) is 0 Å². The van der Waals surface area contributed by atoms with E-state index in [1.54, 1.807) is 49.6 Å². The molecule has 0 aliphatic carbocycles. The van der Waals surface area contributed by atoms with Gasteiger partial charge in [-0.15, -0.1) is 0 Å². The van der Waals surface area contributed by atoms with Crippen molar-refractivity contribution < 1.29 is 23.8 Å². The fraction of sp³-hybridized carbons (Fsp3) is 0.222. The molecule has 2 aromatic carbocycles. The van der Waals surface area contributed by atoms with Gasteiger partial charge < -0.3 is 14.2 Å². The number of rotatable bonds is 8. The number of halogens is 1. The molecule has 0 aliphatic heterocycles. The lowest BCUT2D eigenvalue weighted by Crippen LogP contribution is -2.43. The number of hydrogen-bond acceptors (Lipinski definition) is 5. The Morgan fingerprint density at radius 1 is 1.00 bits per heavy atom. The maximum Gasteiger partial charge on any atom is 0.276 e. The van der Waals surface area contributed by atoms with Crippen LogP contribution in [-0.2, 0) is 9.53 Å². The van der Waals surface area contributed by atoms with Crippen molar-refractivity contribution in [3.05, 3.63) is 58.6 Å². The first-order valence-corrected chi connectivity index (χ1v) is 8.58. The Kier molecular flexibility index (Phi) is 7.91. The summed E-state index contributed by atoms with van der Waals surface area (Å²) >= 11 is 3.35. The standard InChI is InChI=1S/C18H19BrN2O5/c1-24-9-10-25-16-8-7-13(11-15(16)19)18(23)21-20-17(22)12-26-14-5-3-2-4-6-14/h2-8,11H,9-10,12H2,1H3,(H,20,22)(H,21,23). The number of carbonyl (C=O) groups is 2. The van der Waals surface area contributed by atoms with Gasteiger partial charge in [-0.1, -0.05) is 18.2 Å². The van der Waals surface area contributed by atoms with Crippen LogP contribution in [0.15, 0.2) is 53.0 Å². The van der Waals surface area contributed by atoms with Crippen molar-refractivity contribution in [3.8, 4) is 11.5 Å². The van der Waals surface area contributed by atoms with Gasteiger partial charge in [-0.3, -0.25) is 20.4 Å². The zero-order chi connectivity index (χ0) is 18.8. The highest BCUT2D eigenvalue weighted by Gasteiger charge is 2.11. The Morgan fingerprint density at radius 3 is 2.46 bits per heavy atom. The lowest BCUT2D eigenvalue weighted by Gasteiger charge is -2.11. The normalized spacial score (nSPS) is 10.1. The summed E-state index contributed by atoms with van der Waals surface area (Å²) in [5.74, 6) is 0.240. The van der Waals surface area contributed by atoms with E-state index in [4.69, 9.17) is 14.2 Å². The SMILES string of the molecule is COCCOc1ccc(C(=O)NNC(=O)COc2ccccc2)cc1Br. The number of carbonyl (C=O) groups excluding carboxylic acids is 2. The van der Waals surface area contributed by atoms with E-state index in [0.29, 0.717) is 34.7 Å². The number of benzene rings is 2. The van der Waals surface area contributed by atoms with Gasteiger partial charge in [0.1, 0.15) is 18.1 Å². The van der Waals surface area contributed by atoms with Crippen molar-refractivity contribution in [1.82, 2.24) is 10.9 Å². The van der Waals surface area contributed by atoms with Gasteiger partial charge in [-0.05, 0) is 46.3 Å². The summed E-state index contributed by atoms with van der Waals surface area (Å²) in [4.78, 5) is 23.8. The molecule has 138 valence electrons. The first-order chi connectivity index (χ1) is 12.6. The number of nitrogens with one attached hydrogen (secondary N) is 2. The Bertz CT molecular complexity index is 740. The molecule has 2 rings (SSSR count). The third-order valence-electron chi connectivity index (χ3n) is 3.17. The fourth-order valence-corrected chi connectivity index (χ4v) is 2.39. The highest BCUT2D eigenvalue weighted by atomic mass is 79.9. The van der Waals surface area contributed by atoms with Crippen LogP contribution in [0, 0.1) is 0 Å². The Morgan fingerprint density at radius 2 is 1.77 bits per heavy atom. The third kappa shape index (κ3) is 6.38. The summed E-state index contributed by atoms with van der Waals surface area (Å²) in [5.41, 5.74) is 5.00. The summed E-state index contributed by atoms with van der Waals surface area (Å²) in [6, 6.07) is 13.8. The second-order valence-electron chi connectivity index (χ2n) is 5.09. The van der Waals surface area contributed by atoms with Gasteiger partial charge in [-0.25, -0.2) is 0 Å². The molecule has 0 spiro atoms. The zero-order valence-corrected chi connectivity index (χ0v) is 15.7. The number of amides is 2. The molecule has 0 radical (unpaired) electrons. The van der Waals surface area contributed by atoms with Crippen LogP contribution in [0.25, 0.3) is 0 Å². The van der Waals surface area contributed by atoms with Crippen molar-refractivity contribution in [1.29, 1.82) is 0 Å². The van der Waals surface area contributed by atoms with Crippen molar-refractivity contribution in [2.24, 2.45) is 0 Å². The second kappa shape index (κ2) is 10.4. The predicted octanol–water partition coefficient (Wildman–Crippen LogP) is 2.31. The topological polar surface area (TPSA) is 85.9 Å². The average Bonchev–Trinajstić information content (AvgIpc) is 2.66. The third-order valence-corrected chi connectivity index (χ3v) is 3.79. The summed E-state index contributed by atoms with van der Waals surface area (Å²) in [6.45, 7) is 0.657. The minimum absolute atomic E-state index is 0.208. The lowest BCUT2D eigenvalue weighted by molar-refractivity contribution is -0.123. The van der Waals surface area contributed by atoms with Crippen LogP contribution in [0.4, 0.5) is 0 Å². The minimum Gasteiger partial charge on any atom is -0.490 e. The number of hydrogen-bond donors (Lipinski definition) is 2. The Balaban J connectivity index is 1.79. The van der Waals surface area contributed by atoms with Crippen LogP contribution in [-0.4, -0.2) is 38.7 Å². The van der Waals surface area contributed by atoms with E-state index in [1.165, 1.54) is 0 Å². The first-order valence-electron chi connectivity index (χ1n) is 7.78. The molecule has 0 heterocycles.